The minimum atomic E-state index is -0.676. The number of hydrogen-bond acceptors (Lipinski definition) is 5. The molecule has 0 atom stereocenters. The highest BCUT2D eigenvalue weighted by Gasteiger charge is 2.26. The van der Waals surface area contributed by atoms with E-state index < -0.39 is 17.3 Å². The Hall–Kier alpha value is -2.54. The van der Waals surface area contributed by atoms with Crippen LogP contribution in [0.4, 0.5) is 9.52 Å². The van der Waals surface area contributed by atoms with Crippen molar-refractivity contribution in [3.05, 3.63) is 57.3 Å². The zero-order valence-corrected chi connectivity index (χ0v) is 12.7. The first-order valence-corrected chi connectivity index (χ1v) is 7.98. The second-order valence-electron chi connectivity index (χ2n) is 5.44. The summed E-state index contributed by atoms with van der Waals surface area (Å²) in [6, 6.07) is 5.05. The van der Waals surface area contributed by atoms with Crippen LogP contribution in [0.15, 0.2) is 38.9 Å². The van der Waals surface area contributed by atoms with E-state index in [1.807, 2.05) is 5.38 Å². The predicted molar refractivity (Wildman–Crippen MR) is 84.5 cm³/mol. The highest BCUT2D eigenvalue weighted by molar-refractivity contribution is 7.14. The minimum Gasteiger partial charge on any atom is -0.417 e. The highest BCUT2D eigenvalue weighted by atomic mass is 32.1. The fourth-order valence-electron chi connectivity index (χ4n) is 2.35. The number of nitrogens with zero attached hydrogens (tertiary/aromatic N) is 1. The lowest BCUT2D eigenvalue weighted by Crippen LogP contribution is -2.15. The number of rotatable bonds is 3. The average Bonchev–Trinajstić information content (AvgIpc) is 3.27. The molecule has 116 valence electrons. The van der Waals surface area contributed by atoms with E-state index in [1.54, 1.807) is 0 Å². The van der Waals surface area contributed by atoms with Gasteiger partial charge in [0.25, 0.3) is 5.91 Å². The summed E-state index contributed by atoms with van der Waals surface area (Å²) in [5, 5.41) is 5.54. The third kappa shape index (κ3) is 2.75. The highest BCUT2D eigenvalue weighted by Crippen LogP contribution is 2.40. The van der Waals surface area contributed by atoms with Crippen molar-refractivity contribution in [2.75, 3.05) is 5.32 Å². The van der Waals surface area contributed by atoms with Crippen LogP contribution in [0.3, 0.4) is 0 Å². The van der Waals surface area contributed by atoms with Crippen molar-refractivity contribution < 1.29 is 13.6 Å². The lowest BCUT2D eigenvalue weighted by Gasteiger charge is -2.02. The fourth-order valence-corrected chi connectivity index (χ4v) is 3.13. The number of hydrogen-bond donors (Lipinski definition) is 1. The molecule has 0 radical (unpaired) electrons. The quantitative estimate of drug-likeness (QED) is 0.797. The Morgan fingerprint density at radius 3 is 2.96 bits per heavy atom. The Labute approximate surface area is 133 Å². The monoisotopic (exact) mass is 330 g/mol. The lowest BCUT2D eigenvalue weighted by molar-refractivity contribution is 0.0993. The van der Waals surface area contributed by atoms with Gasteiger partial charge < -0.3 is 4.42 Å². The van der Waals surface area contributed by atoms with Crippen LogP contribution in [-0.4, -0.2) is 10.9 Å². The standard InChI is InChI=1S/C16H11FN2O3S/c17-10-3-4-11-9(5-10)6-13(22-15(11)21)14(20)19-16-18-12(7-23-16)8-1-2-8/h3-8H,1-2H2,(H,18,19,20). The maximum absolute atomic E-state index is 13.3. The minimum absolute atomic E-state index is 0.170. The van der Waals surface area contributed by atoms with Gasteiger partial charge in [-0.2, -0.15) is 0 Å². The summed E-state index contributed by atoms with van der Waals surface area (Å²) in [7, 11) is 0. The summed E-state index contributed by atoms with van der Waals surface area (Å²) in [4.78, 5) is 28.4. The van der Waals surface area contributed by atoms with Crippen LogP contribution in [0.5, 0.6) is 0 Å². The molecule has 5 nitrogen and oxygen atoms in total. The van der Waals surface area contributed by atoms with Gasteiger partial charge in [-0.05, 0) is 42.5 Å². The molecule has 0 bridgehead atoms. The number of benzene rings is 1. The molecule has 4 rings (SSSR count). The van der Waals surface area contributed by atoms with E-state index >= 15 is 0 Å². The van der Waals surface area contributed by atoms with Gasteiger partial charge >= 0.3 is 5.63 Å². The van der Waals surface area contributed by atoms with Gasteiger partial charge in [-0.25, -0.2) is 14.2 Å². The number of halogens is 1. The van der Waals surface area contributed by atoms with Crippen LogP contribution in [0.25, 0.3) is 10.8 Å². The van der Waals surface area contributed by atoms with Gasteiger partial charge in [0.1, 0.15) is 5.82 Å². The van der Waals surface area contributed by atoms with Gasteiger partial charge in [0.2, 0.25) is 0 Å². The Kier molecular flexibility index (Phi) is 3.23. The van der Waals surface area contributed by atoms with Gasteiger partial charge in [-0.1, -0.05) is 0 Å². The molecule has 1 fully saturated rings. The van der Waals surface area contributed by atoms with Crippen molar-refractivity contribution >= 4 is 33.1 Å². The largest absolute Gasteiger partial charge is 0.417 e. The van der Waals surface area contributed by atoms with Gasteiger partial charge in [0.05, 0.1) is 11.1 Å². The molecular weight excluding hydrogens is 319 g/mol. The molecule has 2 aromatic heterocycles. The van der Waals surface area contributed by atoms with E-state index in [2.05, 4.69) is 10.3 Å². The van der Waals surface area contributed by atoms with Gasteiger partial charge in [0, 0.05) is 11.3 Å². The van der Waals surface area contributed by atoms with Crippen LogP contribution in [0, 0.1) is 5.82 Å². The number of aromatic nitrogens is 1. The number of nitrogens with one attached hydrogen (secondary N) is 1. The molecule has 1 N–H and O–H groups in total. The van der Waals surface area contributed by atoms with Crippen molar-refractivity contribution in [1.29, 1.82) is 0 Å². The van der Waals surface area contributed by atoms with Crippen LogP contribution in [-0.2, 0) is 0 Å². The van der Waals surface area contributed by atoms with E-state index in [9.17, 15) is 14.0 Å². The second-order valence-corrected chi connectivity index (χ2v) is 6.29. The molecule has 3 aromatic rings. The van der Waals surface area contributed by atoms with Gasteiger partial charge in [-0.3, -0.25) is 10.1 Å². The summed E-state index contributed by atoms with van der Waals surface area (Å²) >= 11 is 1.33. The second kappa shape index (κ2) is 5.27. The summed E-state index contributed by atoms with van der Waals surface area (Å²) in [6.45, 7) is 0. The smallest absolute Gasteiger partial charge is 0.344 e. The molecule has 1 aliphatic carbocycles. The number of carbonyl (C=O) groups excluding carboxylic acids is 1. The molecule has 1 aliphatic rings. The Morgan fingerprint density at radius 2 is 2.17 bits per heavy atom. The third-order valence-electron chi connectivity index (χ3n) is 3.68. The number of amides is 1. The van der Waals surface area contributed by atoms with E-state index in [4.69, 9.17) is 4.42 Å². The maximum Gasteiger partial charge on any atom is 0.344 e. The topological polar surface area (TPSA) is 72.2 Å². The van der Waals surface area contributed by atoms with Crippen molar-refractivity contribution in [3.63, 3.8) is 0 Å². The summed E-state index contributed by atoms with van der Waals surface area (Å²) in [6.07, 6.45) is 2.25. The van der Waals surface area contributed by atoms with Crippen LogP contribution in [0.1, 0.15) is 35.0 Å². The van der Waals surface area contributed by atoms with Crippen molar-refractivity contribution in [2.24, 2.45) is 0 Å². The van der Waals surface area contributed by atoms with Crippen LogP contribution >= 0.6 is 11.3 Å². The SMILES string of the molecule is O=C(Nc1nc(C2CC2)cs1)c1cc2cc(F)ccc2c(=O)o1. The van der Waals surface area contributed by atoms with Crippen molar-refractivity contribution in [1.82, 2.24) is 4.98 Å². The lowest BCUT2D eigenvalue weighted by atomic mass is 10.1. The van der Waals surface area contributed by atoms with E-state index in [0.29, 0.717) is 16.4 Å². The average molecular weight is 330 g/mol. The first-order valence-electron chi connectivity index (χ1n) is 7.10. The summed E-state index contributed by atoms with van der Waals surface area (Å²) in [5.74, 6) is -0.733. The van der Waals surface area contributed by atoms with E-state index in [1.165, 1.54) is 35.6 Å². The molecule has 0 spiro atoms. The molecule has 7 heteroatoms. The first kappa shape index (κ1) is 14.1. The molecule has 1 aromatic carbocycles. The van der Waals surface area contributed by atoms with Gasteiger partial charge in [0.15, 0.2) is 10.9 Å². The first-order chi connectivity index (χ1) is 11.1. The normalized spacial score (nSPS) is 14.1. The molecule has 1 amide bonds. The molecule has 0 unspecified atom stereocenters. The Balaban J connectivity index is 1.64. The number of carbonyl (C=O) groups is 1. The zero-order valence-electron chi connectivity index (χ0n) is 11.8. The maximum atomic E-state index is 13.3. The predicted octanol–water partition coefficient (Wildman–Crippen LogP) is 3.52. The number of fused-ring (bicyclic) bond motifs is 1. The number of thiazole rings is 1. The van der Waals surface area contributed by atoms with E-state index in [0.717, 1.165) is 18.5 Å². The van der Waals surface area contributed by atoms with Crippen molar-refractivity contribution in [2.45, 2.75) is 18.8 Å². The van der Waals surface area contributed by atoms with E-state index in [-0.39, 0.29) is 11.1 Å². The van der Waals surface area contributed by atoms with Crippen LogP contribution < -0.4 is 10.9 Å². The summed E-state index contributed by atoms with van der Waals surface area (Å²) < 4.78 is 18.3. The zero-order chi connectivity index (χ0) is 16.0. The number of anilines is 1. The third-order valence-corrected chi connectivity index (χ3v) is 4.46. The van der Waals surface area contributed by atoms with Gasteiger partial charge in [-0.15, -0.1) is 11.3 Å². The molecule has 23 heavy (non-hydrogen) atoms. The summed E-state index contributed by atoms with van der Waals surface area (Å²) in [5.41, 5.74) is 0.304. The Morgan fingerprint density at radius 1 is 1.35 bits per heavy atom. The van der Waals surface area contributed by atoms with Crippen molar-refractivity contribution in [3.8, 4) is 0 Å². The Bertz CT molecular complexity index is 975. The molecule has 2 heterocycles. The fraction of sp³-hybridized carbons (Fsp3) is 0.188. The molecule has 0 saturated heterocycles. The molecule has 1 saturated carbocycles. The van der Waals surface area contributed by atoms with Crippen LogP contribution in [0.2, 0.25) is 0 Å². The molecule has 0 aliphatic heterocycles. The molecular formula is C16H11FN2O3S.